The normalized spacial score (nSPS) is 10.9. The van der Waals surface area contributed by atoms with Crippen molar-refractivity contribution < 1.29 is 9.59 Å². The zero-order chi connectivity index (χ0) is 21.1. The number of amides is 2. The van der Waals surface area contributed by atoms with E-state index >= 15 is 0 Å². The van der Waals surface area contributed by atoms with Crippen LogP contribution in [0.1, 0.15) is 30.3 Å². The first kappa shape index (κ1) is 19.6. The maximum atomic E-state index is 12.9. The summed E-state index contributed by atoms with van der Waals surface area (Å²) in [4.78, 5) is 28.0. The number of para-hydroxylation sites is 1. The number of fused-ring (bicyclic) bond motifs is 1. The van der Waals surface area contributed by atoms with Gasteiger partial charge in [-0.15, -0.1) is 5.10 Å². The van der Waals surface area contributed by atoms with E-state index in [0.29, 0.717) is 45.4 Å². The fraction of sp³-hybridized carbons (Fsp3) is 0.150. The summed E-state index contributed by atoms with van der Waals surface area (Å²) in [5.41, 5.74) is 2.72. The third-order valence-corrected chi connectivity index (χ3v) is 4.72. The lowest BCUT2D eigenvalue weighted by molar-refractivity contribution is -0.116. The largest absolute Gasteiger partial charge is 0.349 e. The molecule has 0 aliphatic rings. The van der Waals surface area contributed by atoms with Crippen LogP contribution in [-0.2, 0) is 4.79 Å². The lowest BCUT2D eigenvalue weighted by Crippen LogP contribution is -2.13. The van der Waals surface area contributed by atoms with Crippen molar-refractivity contribution in [1.29, 1.82) is 0 Å². The van der Waals surface area contributed by atoms with Gasteiger partial charge in [0.05, 0.1) is 16.9 Å². The fourth-order valence-electron chi connectivity index (χ4n) is 3.11. The molecule has 2 heterocycles. The number of anilines is 2. The first-order valence-corrected chi connectivity index (χ1v) is 9.69. The van der Waals surface area contributed by atoms with Gasteiger partial charge < -0.3 is 15.6 Å². The van der Waals surface area contributed by atoms with Gasteiger partial charge in [-0.1, -0.05) is 30.7 Å². The molecule has 0 unspecified atom stereocenters. The minimum Gasteiger partial charge on any atom is -0.349 e. The van der Waals surface area contributed by atoms with Crippen LogP contribution >= 0.6 is 11.6 Å². The molecule has 4 aromatic rings. The highest BCUT2D eigenvalue weighted by Crippen LogP contribution is 2.29. The molecule has 2 amide bonds. The SMILES string of the molecule is CCCC(=O)Nc1cccc2cc(C(=O)Nc3ccc(Cl)cc3-c3nnn[nH]3)[nH]c12. The Hall–Kier alpha value is -3.72. The van der Waals surface area contributed by atoms with Crippen LogP contribution in [0.5, 0.6) is 0 Å². The van der Waals surface area contributed by atoms with Crippen LogP contribution in [0.2, 0.25) is 5.02 Å². The Morgan fingerprint density at radius 3 is 2.73 bits per heavy atom. The second-order valence-electron chi connectivity index (χ2n) is 6.64. The van der Waals surface area contributed by atoms with Gasteiger partial charge in [-0.2, -0.15) is 0 Å². The molecule has 0 spiro atoms. The molecular formula is C20H18ClN7O2. The number of nitrogens with one attached hydrogen (secondary N) is 4. The van der Waals surface area contributed by atoms with E-state index in [-0.39, 0.29) is 11.8 Å². The molecule has 0 fully saturated rings. The lowest BCUT2D eigenvalue weighted by Gasteiger charge is -2.09. The van der Waals surface area contributed by atoms with Gasteiger partial charge in [0.25, 0.3) is 5.91 Å². The number of hydrogen-bond donors (Lipinski definition) is 4. The number of carbonyl (C=O) groups is 2. The molecule has 4 N–H and O–H groups in total. The van der Waals surface area contributed by atoms with E-state index in [9.17, 15) is 9.59 Å². The number of nitrogens with zero attached hydrogens (tertiary/aromatic N) is 3. The number of halogens is 1. The Kier molecular flexibility index (Phi) is 5.44. The Labute approximate surface area is 176 Å². The van der Waals surface area contributed by atoms with Gasteiger partial charge in [-0.3, -0.25) is 9.59 Å². The van der Waals surface area contributed by atoms with Crippen LogP contribution in [0.25, 0.3) is 22.3 Å². The van der Waals surface area contributed by atoms with E-state index in [1.807, 2.05) is 19.1 Å². The average Bonchev–Trinajstić information content (AvgIpc) is 3.40. The summed E-state index contributed by atoms with van der Waals surface area (Å²) < 4.78 is 0. The zero-order valence-corrected chi connectivity index (χ0v) is 16.7. The smallest absolute Gasteiger partial charge is 0.272 e. The third kappa shape index (κ3) is 4.01. The van der Waals surface area contributed by atoms with Crippen molar-refractivity contribution in [2.45, 2.75) is 19.8 Å². The minimum atomic E-state index is -0.354. The predicted molar refractivity (Wildman–Crippen MR) is 114 cm³/mol. The molecular weight excluding hydrogens is 406 g/mol. The molecule has 0 atom stereocenters. The highest BCUT2D eigenvalue weighted by Gasteiger charge is 2.16. The summed E-state index contributed by atoms with van der Waals surface area (Å²) in [6.45, 7) is 1.94. The van der Waals surface area contributed by atoms with Gasteiger partial charge in [0, 0.05) is 22.4 Å². The van der Waals surface area contributed by atoms with Crippen LogP contribution in [0.4, 0.5) is 11.4 Å². The van der Waals surface area contributed by atoms with Crippen LogP contribution in [0.15, 0.2) is 42.5 Å². The number of rotatable bonds is 6. The Balaban J connectivity index is 1.63. The molecule has 0 bridgehead atoms. The number of carbonyl (C=O) groups excluding carboxylic acids is 2. The molecule has 9 nitrogen and oxygen atoms in total. The molecule has 152 valence electrons. The van der Waals surface area contributed by atoms with Crippen molar-refractivity contribution in [3.05, 3.63) is 53.2 Å². The van der Waals surface area contributed by atoms with Gasteiger partial charge in [-0.05, 0) is 47.2 Å². The second-order valence-corrected chi connectivity index (χ2v) is 7.08. The molecule has 2 aromatic heterocycles. The number of aromatic nitrogens is 5. The van der Waals surface area contributed by atoms with E-state index in [1.54, 1.807) is 30.3 Å². The molecule has 2 aromatic carbocycles. The summed E-state index contributed by atoms with van der Waals surface area (Å²) in [6, 6.07) is 12.2. The molecule has 30 heavy (non-hydrogen) atoms. The Morgan fingerprint density at radius 1 is 1.10 bits per heavy atom. The Morgan fingerprint density at radius 2 is 1.97 bits per heavy atom. The van der Waals surface area contributed by atoms with E-state index in [4.69, 9.17) is 11.6 Å². The number of aromatic amines is 2. The zero-order valence-electron chi connectivity index (χ0n) is 16.0. The van der Waals surface area contributed by atoms with Gasteiger partial charge >= 0.3 is 0 Å². The minimum absolute atomic E-state index is 0.0722. The number of hydrogen-bond acceptors (Lipinski definition) is 5. The van der Waals surface area contributed by atoms with E-state index in [2.05, 4.69) is 36.2 Å². The fourth-order valence-corrected chi connectivity index (χ4v) is 3.28. The van der Waals surface area contributed by atoms with E-state index < -0.39 is 0 Å². The number of H-pyrrole nitrogens is 2. The van der Waals surface area contributed by atoms with E-state index in [1.165, 1.54) is 0 Å². The molecule has 0 aliphatic carbocycles. The third-order valence-electron chi connectivity index (χ3n) is 4.48. The summed E-state index contributed by atoms with van der Waals surface area (Å²) in [7, 11) is 0. The first-order chi connectivity index (χ1) is 14.5. The van der Waals surface area contributed by atoms with Crippen molar-refractivity contribution in [3.8, 4) is 11.4 Å². The topological polar surface area (TPSA) is 128 Å². The second kappa shape index (κ2) is 8.34. The summed E-state index contributed by atoms with van der Waals surface area (Å²) in [6.07, 6.45) is 1.19. The maximum Gasteiger partial charge on any atom is 0.272 e. The van der Waals surface area contributed by atoms with Crippen LogP contribution in [0.3, 0.4) is 0 Å². The van der Waals surface area contributed by atoms with Crippen molar-refractivity contribution >= 4 is 45.7 Å². The average molecular weight is 424 g/mol. The van der Waals surface area contributed by atoms with Crippen molar-refractivity contribution in [1.82, 2.24) is 25.6 Å². The highest BCUT2D eigenvalue weighted by molar-refractivity contribution is 6.31. The maximum absolute atomic E-state index is 12.9. The summed E-state index contributed by atoms with van der Waals surface area (Å²) in [5, 5.41) is 20.7. The molecule has 0 saturated heterocycles. The molecule has 0 aliphatic heterocycles. The van der Waals surface area contributed by atoms with Gasteiger partial charge in [-0.25, -0.2) is 5.10 Å². The standard InChI is InChI=1S/C20H18ClN7O2/c1-2-4-17(29)22-15-6-3-5-11-9-16(23-18(11)15)20(30)24-14-8-7-12(21)10-13(14)19-25-27-28-26-19/h3,5-10,23H,2,4H2,1H3,(H,22,29)(H,24,30)(H,25,26,27,28). The molecule has 4 rings (SSSR count). The molecule has 10 heteroatoms. The van der Waals surface area contributed by atoms with Crippen molar-refractivity contribution in [3.63, 3.8) is 0 Å². The number of tetrazole rings is 1. The van der Waals surface area contributed by atoms with Crippen LogP contribution in [0, 0.1) is 0 Å². The van der Waals surface area contributed by atoms with E-state index in [0.717, 1.165) is 11.8 Å². The quantitative estimate of drug-likeness (QED) is 0.372. The van der Waals surface area contributed by atoms with Gasteiger partial charge in [0.1, 0.15) is 5.69 Å². The Bertz CT molecular complexity index is 1220. The summed E-state index contributed by atoms with van der Waals surface area (Å²) in [5.74, 6) is -0.0458. The van der Waals surface area contributed by atoms with Gasteiger partial charge in [0.15, 0.2) is 5.82 Å². The highest BCUT2D eigenvalue weighted by atomic mass is 35.5. The first-order valence-electron chi connectivity index (χ1n) is 9.31. The number of benzene rings is 2. The van der Waals surface area contributed by atoms with Crippen LogP contribution < -0.4 is 10.6 Å². The van der Waals surface area contributed by atoms with Crippen LogP contribution in [-0.4, -0.2) is 37.4 Å². The molecule has 0 radical (unpaired) electrons. The van der Waals surface area contributed by atoms with Crippen molar-refractivity contribution in [2.75, 3.05) is 10.6 Å². The monoisotopic (exact) mass is 423 g/mol. The van der Waals surface area contributed by atoms with Crippen molar-refractivity contribution in [2.24, 2.45) is 0 Å². The van der Waals surface area contributed by atoms with Gasteiger partial charge in [0.2, 0.25) is 5.91 Å². The predicted octanol–water partition coefficient (Wildman–Crippen LogP) is 3.99. The summed E-state index contributed by atoms with van der Waals surface area (Å²) >= 11 is 6.09. The molecule has 0 saturated carbocycles. The lowest BCUT2D eigenvalue weighted by atomic mass is 10.1.